The van der Waals surface area contributed by atoms with Crippen LogP contribution in [0.15, 0.2) is 34.7 Å². The van der Waals surface area contributed by atoms with E-state index < -0.39 is 5.82 Å². The van der Waals surface area contributed by atoms with E-state index >= 15 is 0 Å². The molecule has 0 fully saturated rings. The minimum absolute atomic E-state index is 0.139. The summed E-state index contributed by atoms with van der Waals surface area (Å²) in [6.07, 6.45) is 0. The Kier molecular flexibility index (Phi) is 3.44. The van der Waals surface area contributed by atoms with Crippen molar-refractivity contribution in [3.63, 3.8) is 0 Å². The van der Waals surface area contributed by atoms with Gasteiger partial charge < -0.3 is 14.3 Å². The number of halogens is 1. The first-order chi connectivity index (χ1) is 8.19. The van der Waals surface area contributed by atoms with Gasteiger partial charge >= 0.3 is 0 Å². The Bertz CT molecular complexity index is 505. The Labute approximate surface area is 98.5 Å². The first kappa shape index (κ1) is 11.7. The fourth-order valence-corrected chi connectivity index (χ4v) is 1.45. The lowest BCUT2D eigenvalue weighted by Crippen LogP contribution is -1.96. The normalized spacial score (nSPS) is 10.5. The van der Waals surface area contributed by atoms with Gasteiger partial charge in [-0.1, -0.05) is 6.07 Å². The second-order valence-corrected chi connectivity index (χ2v) is 3.75. The van der Waals surface area contributed by atoms with Crippen LogP contribution in [0, 0.1) is 12.7 Å². The second-order valence-electron chi connectivity index (χ2n) is 3.75. The zero-order valence-corrected chi connectivity index (χ0v) is 9.44. The summed E-state index contributed by atoms with van der Waals surface area (Å²) in [5, 5.41) is 8.82. The standard InChI is InChI=1S/C13H13FO3/c1-9-2-5-12(14)13(6-9)16-8-11-4-3-10(7-15)17-11/h2-6,15H,7-8H2,1H3. The Balaban J connectivity index is 2.04. The third kappa shape index (κ3) is 2.85. The van der Waals surface area contributed by atoms with E-state index in [1.54, 1.807) is 24.3 Å². The highest BCUT2D eigenvalue weighted by atomic mass is 19.1. The van der Waals surface area contributed by atoms with E-state index in [1.165, 1.54) is 6.07 Å². The fraction of sp³-hybridized carbons (Fsp3) is 0.231. The highest BCUT2D eigenvalue weighted by Gasteiger charge is 2.06. The van der Waals surface area contributed by atoms with Crippen LogP contribution in [0.5, 0.6) is 5.75 Å². The van der Waals surface area contributed by atoms with Crippen molar-refractivity contribution in [1.29, 1.82) is 0 Å². The van der Waals surface area contributed by atoms with Gasteiger partial charge in [-0.05, 0) is 36.8 Å². The van der Waals surface area contributed by atoms with Gasteiger partial charge in [-0.2, -0.15) is 0 Å². The molecule has 0 atom stereocenters. The summed E-state index contributed by atoms with van der Waals surface area (Å²) >= 11 is 0. The molecule has 0 unspecified atom stereocenters. The number of aliphatic hydroxyl groups is 1. The molecule has 0 aliphatic rings. The predicted molar refractivity (Wildman–Crippen MR) is 60.1 cm³/mol. The molecule has 0 aliphatic carbocycles. The number of aryl methyl sites for hydroxylation is 1. The molecule has 4 heteroatoms. The van der Waals surface area contributed by atoms with E-state index in [4.69, 9.17) is 14.3 Å². The van der Waals surface area contributed by atoms with Crippen molar-refractivity contribution in [2.75, 3.05) is 0 Å². The SMILES string of the molecule is Cc1ccc(F)c(OCc2ccc(CO)o2)c1. The number of rotatable bonds is 4. The zero-order chi connectivity index (χ0) is 12.3. The molecule has 1 N–H and O–H groups in total. The predicted octanol–water partition coefficient (Wildman–Crippen LogP) is 2.80. The topological polar surface area (TPSA) is 42.6 Å². The van der Waals surface area contributed by atoms with Gasteiger partial charge in [0, 0.05) is 0 Å². The molecule has 1 aromatic carbocycles. The quantitative estimate of drug-likeness (QED) is 0.887. The first-order valence-corrected chi connectivity index (χ1v) is 5.26. The molecule has 0 aliphatic heterocycles. The van der Waals surface area contributed by atoms with Crippen molar-refractivity contribution in [1.82, 2.24) is 0 Å². The molecule has 0 saturated carbocycles. The summed E-state index contributed by atoms with van der Waals surface area (Å²) in [5.74, 6) is 0.819. The molecule has 1 aromatic heterocycles. The Hall–Kier alpha value is -1.81. The minimum Gasteiger partial charge on any atom is -0.483 e. The van der Waals surface area contributed by atoms with Crippen LogP contribution in [0.25, 0.3) is 0 Å². The fourth-order valence-electron chi connectivity index (χ4n) is 1.45. The molecule has 17 heavy (non-hydrogen) atoms. The Morgan fingerprint density at radius 1 is 1.24 bits per heavy atom. The Morgan fingerprint density at radius 3 is 2.71 bits per heavy atom. The highest BCUT2D eigenvalue weighted by molar-refractivity contribution is 5.29. The van der Waals surface area contributed by atoms with Crippen LogP contribution >= 0.6 is 0 Å². The molecule has 3 nitrogen and oxygen atoms in total. The summed E-state index contributed by atoms with van der Waals surface area (Å²) in [6, 6.07) is 8.03. The van der Waals surface area contributed by atoms with Gasteiger partial charge in [-0.25, -0.2) is 4.39 Å². The molecular weight excluding hydrogens is 223 g/mol. The maximum atomic E-state index is 13.3. The van der Waals surface area contributed by atoms with Crippen LogP contribution in [0.2, 0.25) is 0 Å². The summed E-state index contributed by atoms with van der Waals surface area (Å²) in [5.41, 5.74) is 0.928. The first-order valence-electron chi connectivity index (χ1n) is 5.26. The number of benzene rings is 1. The van der Waals surface area contributed by atoms with E-state index in [1.807, 2.05) is 6.92 Å². The average molecular weight is 236 g/mol. The maximum absolute atomic E-state index is 13.3. The van der Waals surface area contributed by atoms with Crippen molar-refractivity contribution < 1.29 is 18.7 Å². The number of ether oxygens (including phenoxy) is 1. The van der Waals surface area contributed by atoms with Gasteiger partial charge in [0.1, 0.15) is 24.7 Å². The van der Waals surface area contributed by atoms with E-state index in [0.29, 0.717) is 11.5 Å². The van der Waals surface area contributed by atoms with Crippen LogP contribution in [0.1, 0.15) is 17.1 Å². The molecule has 0 spiro atoms. The molecule has 1 heterocycles. The van der Waals surface area contributed by atoms with Gasteiger partial charge in [0.05, 0.1) is 0 Å². The number of furan rings is 1. The average Bonchev–Trinajstić information content (AvgIpc) is 2.78. The van der Waals surface area contributed by atoms with Crippen molar-refractivity contribution in [3.05, 3.63) is 53.2 Å². The van der Waals surface area contributed by atoms with Crippen molar-refractivity contribution in [3.8, 4) is 5.75 Å². The van der Waals surface area contributed by atoms with E-state index in [-0.39, 0.29) is 19.0 Å². The van der Waals surface area contributed by atoms with Gasteiger partial charge in [0.15, 0.2) is 11.6 Å². The summed E-state index contributed by atoms with van der Waals surface area (Å²) in [6.45, 7) is 1.85. The van der Waals surface area contributed by atoms with Crippen molar-refractivity contribution >= 4 is 0 Å². The van der Waals surface area contributed by atoms with Crippen LogP contribution in [0.4, 0.5) is 4.39 Å². The van der Waals surface area contributed by atoms with Crippen molar-refractivity contribution in [2.45, 2.75) is 20.1 Å². The van der Waals surface area contributed by atoms with Gasteiger partial charge in [0.2, 0.25) is 0 Å². The maximum Gasteiger partial charge on any atom is 0.165 e. The lowest BCUT2D eigenvalue weighted by Gasteiger charge is -2.06. The molecule has 0 amide bonds. The summed E-state index contributed by atoms with van der Waals surface area (Å²) in [4.78, 5) is 0. The van der Waals surface area contributed by atoms with Crippen LogP contribution < -0.4 is 4.74 Å². The third-order valence-electron chi connectivity index (χ3n) is 2.33. The second kappa shape index (κ2) is 5.01. The van der Waals surface area contributed by atoms with Gasteiger partial charge in [-0.3, -0.25) is 0 Å². The van der Waals surface area contributed by atoms with Gasteiger partial charge in [0.25, 0.3) is 0 Å². The number of hydrogen-bond acceptors (Lipinski definition) is 3. The zero-order valence-electron chi connectivity index (χ0n) is 9.44. The monoisotopic (exact) mass is 236 g/mol. The third-order valence-corrected chi connectivity index (χ3v) is 2.33. The van der Waals surface area contributed by atoms with Crippen molar-refractivity contribution in [2.24, 2.45) is 0 Å². The van der Waals surface area contributed by atoms with E-state index in [2.05, 4.69) is 0 Å². The molecular formula is C13H13FO3. The molecule has 2 rings (SSSR count). The molecule has 90 valence electrons. The van der Waals surface area contributed by atoms with Crippen LogP contribution in [-0.4, -0.2) is 5.11 Å². The van der Waals surface area contributed by atoms with Crippen LogP contribution in [0.3, 0.4) is 0 Å². The van der Waals surface area contributed by atoms with E-state index in [9.17, 15) is 4.39 Å². The minimum atomic E-state index is -0.399. The number of aliphatic hydroxyl groups excluding tert-OH is 1. The Morgan fingerprint density at radius 2 is 2.00 bits per heavy atom. The lowest BCUT2D eigenvalue weighted by atomic mass is 10.2. The molecule has 2 aromatic rings. The van der Waals surface area contributed by atoms with Gasteiger partial charge in [-0.15, -0.1) is 0 Å². The summed E-state index contributed by atoms with van der Waals surface area (Å²) in [7, 11) is 0. The lowest BCUT2D eigenvalue weighted by molar-refractivity contribution is 0.221. The molecule has 0 radical (unpaired) electrons. The van der Waals surface area contributed by atoms with Crippen LogP contribution in [-0.2, 0) is 13.2 Å². The number of hydrogen-bond donors (Lipinski definition) is 1. The molecule has 0 bridgehead atoms. The largest absolute Gasteiger partial charge is 0.483 e. The van der Waals surface area contributed by atoms with E-state index in [0.717, 1.165) is 5.56 Å². The molecule has 0 saturated heterocycles. The highest BCUT2D eigenvalue weighted by Crippen LogP contribution is 2.20. The summed E-state index contributed by atoms with van der Waals surface area (Å²) < 4.78 is 23.9. The smallest absolute Gasteiger partial charge is 0.165 e.